The van der Waals surface area contributed by atoms with Crippen LogP contribution in [0, 0.1) is 11.7 Å². The van der Waals surface area contributed by atoms with Crippen LogP contribution in [0.2, 0.25) is 0 Å². The van der Waals surface area contributed by atoms with Crippen LogP contribution in [0.15, 0.2) is 12.1 Å². The van der Waals surface area contributed by atoms with Gasteiger partial charge in [0.25, 0.3) is 0 Å². The highest BCUT2D eigenvalue weighted by molar-refractivity contribution is 5.63. The van der Waals surface area contributed by atoms with Crippen LogP contribution in [0.5, 0.6) is 5.75 Å². The first-order valence-corrected chi connectivity index (χ1v) is 6.59. The monoisotopic (exact) mass is 268 g/mol. The van der Waals surface area contributed by atoms with Gasteiger partial charge in [0.05, 0.1) is 24.6 Å². The molecule has 1 heterocycles. The summed E-state index contributed by atoms with van der Waals surface area (Å²) in [5, 5.41) is 9.58. The number of methoxy groups -OCH3 is 1. The lowest BCUT2D eigenvalue weighted by Crippen LogP contribution is -2.37. The summed E-state index contributed by atoms with van der Waals surface area (Å²) in [5.74, 6) is 0.470. The van der Waals surface area contributed by atoms with Crippen LogP contribution >= 0.6 is 0 Å². The van der Waals surface area contributed by atoms with E-state index in [1.807, 2.05) is 11.8 Å². The van der Waals surface area contributed by atoms with Crippen molar-refractivity contribution in [3.05, 3.63) is 17.9 Å². The molecule has 1 atom stereocenters. The van der Waals surface area contributed by atoms with E-state index in [0.29, 0.717) is 23.0 Å². The van der Waals surface area contributed by atoms with Crippen molar-refractivity contribution in [1.29, 1.82) is 0 Å². The van der Waals surface area contributed by atoms with Gasteiger partial charge < -0.3 is 20.5 Å². The van der Waals surface area contributed by atoms with Crippen LogP contribution in [0.3, 0.4) is 0 Å². The van der Waals surface area contributed by atoms with E-state index in [0.717, 1.165) is 25.9 Å². The van der Waals surface area contributed by atoms with Crippen LogP contribution in [0.25, 0.3) is 0 Å². The van der Waals surface area contributed by atoms with Crippen molar-refractivity contribution in [2.45, 2.75) is 25.9 Å². The maximum Gasteiger partial charge on any atom is 0.148 e. The molecule has 1 aliphatic heterocycles. The van der Waals surface area contributed by atoms with Gasteiger partial charge in [-0.1, -0.05) is 0 Å². The Morgan fingerprint density at radius 1 is 1.42 bits per heavy atom. The van der Waals surface area contributed by atoms with E-state index < -0.39 is 0 Å². The van der Waals surface area contributed by atoms with Crippen LogP contribution in [0.4, 0.5) is 15.8 Å². The third kappa shape index (κ3) is 2.92. The van der Waals surface area contributed by atoms with Gasteiger partial charge in [-0.15, -0.1) is 0 Å². The second-order valence-corrected chi connectivity index (χ2v) is 5.11. The molecule has 0 radical (unpaired) electrons. The van der Waals surface area contributed by atoms with Gasteiger partial charge in [-0.2, -0.15) is 0 Å². The molecule has 19 heavy (non-hydrogen) atoms. The molecule has 2 rings (SSSR count). The Bertz CT molecular complexity index is 443. The van der Waals surface area contributed by atoms with Gasteiger partial charge in [-0.05, 0) is 25.7 Å². The molecule has 1 aromatic rings. The molecule has 4 nitrogen and oxygen atoms in total. The highest BCUT2D eigenvalue weighted by Crippen LogP contribution is 2.33. The number of halogens is 1. The largest absolute Gasteiger partial charge is 0.495 e. The molecule has 0 aromatic heterocycles. The summed E-state index contributed by atoms with van der Waals surface area (Å²) in [6, 6.07) is 2.95. The number of aliphatic hydroxyl groups excluding tert-OH is 1. The Morgan fingerprint density at radius 3 is 2.58 bits per heavy atom. The van der Waals surface area contributed by atoms with Crippen LogP contribution in [-0.2, 0) is 0 Å². The topological polar surface area (TPSA) is 58.7 Å². The van der Waals surface area contributed by atoms with Crippen molar-refractivity contribution in [3.63, 3.8) is 0 Å². The fraction of sp³-hybridized carbons (Fsp3) is 0.571. The van der Waals surface area contributed by atoms with Crippen molar-refractivity contribution in [1.82, 2.24) is 0 Å². The average molecular weight is 268 g/mol. The van der Waals surface area contributed by atoms with Crippen molar-refractivity contribution in [3.8, 4) is 5.75 Å². The van der Waals surface area contributed by atoms with E-state index in [9.17, 15) is 9.50 Å². The molecule has 1 fully saturated rings. The van der Waals surface area contributed by atoms with Crippen LogP contribution < -0.4 is 15.4 Å². The molecule has 3 N–H and O–H groups in total. The summed E-state index contributed by atoms with van der Waals surface area (Å²) in [4.78, 5) is 1.98. The number of hydrogen-bond donors (Lipinski definition) is 2. The Hall–Kier alpha value is -1.49. The number of aliphatic hydroxyl groups is 1. The second kappa shape index (κ2) is 5.65. The quantitative estimate of drug-likeness (QED) is 0.823. The summed E-state index contributed by atoms with van der Waals surface area (Å²) in [6.07, 6.45) is 1.43. The number of nitrogen functional groups attached to an aromatic ring is 1. The summed E-state index contributed by atoms with van der Waals surface area (Å²) >= 11 is 0. The predicted octanol–water partition coefficient (Wildman–Crippen LogP) is 2.01. The molecule has 1 unspecified atom stereocenters. The number of nitrogens with zero attached hydrogens (tertiary/aromatic N) is 1. The van der Waals surface area contributed by atoms with Gasteiger partial charge in [0.1, 0.15) is 11.6 Å². The summed E-state index contributed by atoms with van der Waals surface area (Å²) in [6.45, 7) is 3.28. The fourth-order valence-corrected chi connectivity index (χ4v) is 2.60. The average Bonchev–Trinajstić information content (AvgIpc) is 2.39. The van der Waals surface area contributed by atoms with E-state index in [4.69, 9.17) is 10.5 Å². The zero-order valence-corrected chi connectivity index (χ0v) is 11.4. The van der Waals surface area contributed by atoms with Crippen LogP contribution in [0.1, 0.15) is 19.8 Å². The molecule has 106 valence electrons. The minimum absolute atomic E-state index is 0.298. The smallest absolute Gasteiger partial charge is 0.148 e. The Balaban J connectivity index is 2.15. The minimum atomic E-state index is -0.325. The number of ether oxygens (including phenoxy) is 1. The number of benzene rings is 1. The van der Waals surface area contributed by atoms with E-state index in [-0.39, 0.29) is 11.9 Å². The van der Waals surface area contributed by atoms with E-state index in [1.165, 1.54) is 13.2 Å². The number of piperidine rings is 1. The molecule has 5 heteroatoms. The van der Waals surface area contributed by atoms with Gasteiger partial charge in [0, 0.05) is 25.2 Å². The molecular formula is C14H21FN2O2. The van der Waals surface area contributed by atoms with Gasteiger partial charge in [0.15, 0.2) is 0 Å². The third-order valence-corrected chi connectivity index (χ3v) is 3.86. The molecule has 0 saturated carbocycles. The zero-order chi connectivity index (χ0) is 14.0. The molecule has 0 amide bonds. The van der Waals surface area contributed by atoms with Crippen molar-refractivity contribution in [2.75, 3.05) is 30.8 Å². The van der Waals surface area contributed by atoms with Gasteiger partial charge >= 0.3 is 0 Å². The van der Waals surface area contributed by atoms with Crippen molar-refractivity contribution < 1.29 is 14.2 Å². The van der Waals surface area contributed by atoms with E-state index >= 15 is 0 Å². The van der Waals surface area contributed by atoms with Crippen LogP contribution in [-0.4, -0.2) is 31.4 Å². The SMILES string of the molecule is COc1cc(N2CCC(C(C)O)CC2)c(F)cc1N. The normalized spacial score (nSPS) is 18.4. The molecule has 0 aliphatic carbocycles. The van der Waals surface area contributed by atoms with Gasteiger partial charge in [-0.3, -0.25) is 0 Å². The summed E-state index contributed by atoms with van der Waals surface area (Å²) in [7, 11) is 1.52. The maximum absolute atomic E-state index is 14.0. The van der Waals surface area contributed by atoms with E-state index in [2.05, 4.69) is 0 Å². The molecule has 0 spiro atoms. The predicted molar refractivity (Wildman–Crippen MR) is 74.0 cm³/mol. The highest BCUT2D eigenvalue weighted by Gasteiger charge is 2.24. The highest BCUT2D eigenvalue weighted by atomic mass is 19.1. The first kappa shape index (κ1) is 13.9. The summed E-state index contributed by atoms with van der Waals surface area (Å²) < 4.78 is 19.1. The number of hydrogen-bond acceptors (Lipinski definition) is 4. The third-order valence-electron chi connectivity index (χ3n) is 3.86. The van der Waals surface area contributed by atoms with E-state index in [1.54, 1.807) is 6.07 Å². The first-order valence-electron chi connectivity index (χ1n) is 6.59. The first-order chi connectivity index (χ1) is 9.02. The number of nitrogens with two attached hydrogens (primary N) is 1. The zero-order valence-electron chi connectivity index (χ0n) is 11.4. The lowest BCUT2D eigenvalue weighted by Gasteiger charge is -2.35. The maximum atomic E-state index is 14.0. The standard InChI is InChI=1S/C14H21FN2O2/c1-9(18)10-3-5-17(6-4-10)13-8-14(19-2)12(16)7-11(13)15/h7-10,18H,3-6,16H2,1-2H3. The van der Waals surface area contributed by atoms with Crippen molar-refractivity contribution in [2.24, 2.45) is 5.92 Å². The Labute approximate surface area is 113 Å². The Morgan fingerprint density at radius 2 is 2.05 bits per heavy atom. The number of anilines is 2. The summed E-state index contributed by atoms with van der Waals surface area (Å²) in [5.41, 5.74) is 6.51. The lowest BCUT2D eigenvalue weighted by molar-refractivity contribution is 0.110. The fourth-order valence-electron chi connectivity index (χ4n) is 2.60. The lowest BCUT2D eigenvalue weighted by atomic mass is 9.92. The minimum Gasteiger partial charge on any atom is -0.495 e. The molecular weight excluding hydrogens is 247 g/mol. The molecule has 1 aromatic carbocycles. The molecule has 1 saturated heterocycles. The molecule has 0 bridgehead atoms. The van der Waals surface area contributed by atoms with Gasteiger partial charge in [-0.25, -0.2) is 4.39 Å². The number of rotatable bonds is 3. The Kier molecular flexibility index (Phi) is 4.14. The van der Waals surface area contributed by atoms with Crippen molar-refractivity contribution >= 4 is 11.4 Å². The second-order valence-electron chi connectivity index (χ2n) is 5.11. The van der Waals surface area contributed by atoms with Gasteiger partial charge in [0.2, 0.25) is 0 Å². The molecule has 1 aliphatic rings.